The molecule has 1 aromatic carbocycles. The van der Waals surface area contributed by atoms with Gasteiger partial charge in [-0.05, 0) is 38.7 Å². The summed E-state index contributed by atoms with van der Waals surface area (Å²) in [6.07, 6.45) is 2.20. The molecule has 1 unspecified atom stereocenters. The van der Waals surface area contributed by atoms with E-state index in [0.717, 1.165) is 30.9 Å². The van der Waals surface area contributed by atoms with Crippen molar-refractivity contribution >= 4 is 21.8 Å². The van der Waals surface area contributed by atoms with Gasteiger partial charge in [-0.25, -0.2) is 8.42 Å². The first-order chi connectivity index (χ1) is 13.9. The summed E-state index contributed by atoms with van der Waals surface area (Å²) in [6, 6.07) is 9.23. The van der Waals surface area contributed by atoms with Crippen molar-refractivity contribution in [1.82, 2.24) is 10.2 Å². The zero-order valence-electron chi connectivity index (χ0n) is 17.5. The first-order valence-electron chi connectivity index (χ1n) is 10.4. The van der Waals surface area contributed by atoms with E-state index in [1.807, 2.05) is 44.2 Å². The molecule has 1 aliphatic heterocycles. The minimum atomic E-state index is -3.16. The van der Waals surface area contributed by atoms with Gasteiger partial charge in [-0.1, -0.05) is 30.3 Å². The molecule has 1 aliphatic rings. The molecule has 7 nitrogen and oxygen atoms in total. The summed E-state index contributed by atoms with van der Waals surface area (Å²) in [4.78, 5) is 18.7. The number of carbonyl (C=O) groups is 1. The molecule has 0 bridgehead atoms. The number of hydrogen-bond acceptors (Lipinski definition) is 5. The zero-order chi connectivity index (χ0) is 21.1. The number of piperidine rings is 1. The molecule has 0 amide bonds. The van der Waals surface area contributed by atoms with Gasteiger partial charge in [0.1, 0.15) is 0 Å². The molecule has 0 radical (unpaired) electrons. The third kappa shape index (κ3) is 8.04. The smallest absolute Gasteiger partial charge is 0.310 e. The van der Waals surface area contributed by atoms with E-state index in [0.29, 0.717) is 32.7 Å². The quantitative estimate of drug-likeness (QED) is 0.284. The van der Waals surface area contributed by atoms with Crippen molar-refractivity contribution in [3.8, 4) is 0 Å². The number of aliphatic imine (C=N–C) groups is 1. The van der Waals surface area contributed by atoms with Crippen molar-refractivity contribution in [3.05, 3.63) is 35.9 Å². The second kappa shape index (κ2) is 11.8. The molecule has 1 N–H and O–H groups in total. The van der Waals surface area contributed by atoms with E-state index in [2.05, 4.69) is 15.2 Å². The van der Waals surface area contributed by atoms with Crippen LogP contribution >= 0.6 is 0 Å². The molecule has 0 saturated carbocycles. The van der Waals surface area contributed by atoms with Gasteiger partial charge in [0.15, 0.2) is 15.8 Å². The molecule has 162 valence electrons. The Bertz CT molecular complexity index is 765. The lowest BCUT2D eigenvalue weighted by atomic mass is 9.98. The van der Waals surface area contributed by atoms with Crippen LogP contribution in [0.15, 0.2) is 35.3 Å². The maximum Gasteiger partial charge on any atom is 0.310 e. The standard InChI is InChI=1S/C21H33N3O4S/c1-3-22-21(24-14-8-12-19(16-24)20(25)28-4-2)23-13-9-15-29(26,27)17-18-10-6-5-7-11-18/h5-7,10-11,19H,3-4,8-9,12-17H2,1-2H3,(H,22,23). The van der Waals surface area contributed by atoms with E-state index < -0.39 is 9.84 Å². The highest BCUT2D eigenvalue weighted by molar-refractivity contribution is 7.90. The Labute approximate surface area is 174 Å². The molecule has 0 aromatic heterocycles. The third-order valence-electron chi connectivity index (χ3n) is 4.78. The number of hydrogen-bond donors (Lipinski definition) is 1. The highest BCUT2D eigenvalue weighted by Gasteiger charge is 2.28. The minimum absolute atomic E-state index is 0.0605. The molecular formula is C21H33N3O4S. The molecule has 1 fully saturated rings. The fourth-order valence-corrected chi connectivity index (χ4v) is 4.83. The second-order valence-electron chi connectivity index (χ2n) is 7.20. The number of guanidine groups is 1. The third-order valence-corrected chi connectivity index (χ3v) is 6.46. The Balaban J connectivity index is 1.89. The lowest BCUT2D eigenvalue weighted by molar-refractivity contribution is -0.149. The van der Waals surface area contributed by atoms with Crippen LogP contribution in [0.1, 0.15) is 38.7 Å². The number of rotatable bonds is 9. The van der Waals surface area contributed by atoms with E-state index in [1.54, 1.807) is 0 Å². The number of carbonyl (C=O) groups excluding carboxylic acids is 1. The normalized spacial score (nSPS) is 17.8. The summed E-state index contributed by atoms with van der Waals surface area (Å²) in [7, 11) is -3.16. The fraction of sp³-hybridized carbons (Fsp3) is 0.619. The molecule has 1 aromatic rings. The maximum absolute atomic E-state index is 12.3. The maximum atomic E-state index is 12.3. The van der Waals surface area contributed by atoms with Gasteiger partial charge >= 0.3 is 5.97 Å². The summed E-state index contributed by atoms with van der Waals surface area (Å²) in [5, 5.41) is 3.26. The molecule has 8 heteroatoms. The Kier molecular flexibility index (Phi) is 9.44. The summed E-state index contributed by atoms with van der Waals surface area (Å²) < 4.78 is 29.8. The van der Waals surface area contributed by atoms with E-state index >= 15 is 0 Å². The van der Waals surface area contributed by atoms with Crippen molar-refractivity contribution in [2.24, 2.45) is 10.9 Å². The number of nitrogens with zero attached hydrogens (tertiary/aromatic N) is 2. The van der Waals surface area contributed by atoms with Crippen LogP contribution in [0.2, 0.25) is 0 Å². The van der Waals surface area contributed by atoms with Crippen LogP contribution in [-0.4, -0.2) is 63.8 Å². The topological polar surface area (TPSA) is 88.1 Å². The van der Waals surface area contributed by atoms with Crippen molar-refractivity contribution in [1.29, 1.82) is 0 Å². The van der Waals surface area contributed by atoms with Crippen molar-refractivity contribution < 1.29 is 17.9 Å². The molecule has 29 heavy (non-hydrogen) atoms. The van der Waals surface area contributed by atoms with Gasteiger partial charge in [-0.15, -0.1) is 0 Å². The number of benzene rings is 1. The fourth-order valence-electron chi connectivity index (χ4n) is 3.42. The van der Waals surface area contributed by atoms with Gasteiger partial charge in [-0.3, -0.25) is 9.79 Å². The van der Waals surface area contributed by atoms with Crippen molar-refractivity contribution in [3.63, 3.8) is 0 Å². The molecular weight excluding hydrogens is 390 g/mol. The van der Waals surface area contributed by atoms with Gasteiger partial charge in [0.05, 0.1) is 24.0 Å². The van der Waals surface area contributed by atoms with Crippen LogP contribution in [-0.2, 0) is 25.1 Å². The molecule has 0 spiro atoms. The molecule has 2 rings (SSSR count). The molecule has 0 aliphatic carbocycles. The van der Waals surface area contributed by atoms with Crippen LogP contribution < -0.4 is 5.32 Å². The highest BCUT2D eigenvalue weighted by Crippen LogP contribution is 2.18. The van der Waals surface area contributed by atoms with E-state index in [4.69, 9.17) is 4.74 Å². The van der Waals surface area contributed by atoms with Gasteiger partial charge in [0.25, 0.3) is 0 Å². The number of nitrogens with one attached hydrogen (secondary N) is 1. The number of likely N-dealkylation sites (tertiary alicyclic amines) is 1. The Morgan fingerprint density at radius 2 is 2.03 bits per heavy atom. The lowest BCUT2D eigenvalue weighted by Crippen LogP contribution is -2.48. The summed E-state index contributed by atoms with van der Waals surface area (Å²) >= 11 is 0. The van der Waals surface area contributed by atoms with Crippen molar-refractivity contribution in [2.45, 2.75) is 38.9 Å². The SMILES string of the molecule is CCNC(=NCCCS(=O)(=O)Cc1ccccc1)N1CCCC(C(=O)OCC)C1. The Morgan fingerprint density at radius 3 is 2.72 bits per heavy atom. The molecule has 1 atom stereocenters. The minimum Gasteiger partial charge on any atom is -0.466 e. The van der Waals surface area contributed by atoms with Crippen LogP contribution in [0.4, 0.5) is 0 Å². The number of esters is 1. The van der Waals surface area contributed by atoms with Gasteiger partial charge in [0, 0.05) is 26.2 Å². The predicted molar refractivity (Wildman–Crippen MR) is 115 cm³/mol. The van der Waals surface area contributed by atoms with Crippen molar-refractivity contribution in [2.75, 3.05) is 38.5 Å². The van der Waals surface area contributed by atoms with Gasteiger partial charge in [0.2, 0.25) is 0 Å². The van der Waals surface area contributed by atoms with Crippen LogP contribution in [0, 0.1) is 5.92 Å². The largest absolute Gasteiger partial charge is 0.466 e. The van der Waals surface area contributed by atoms with E-state index in [9.17, 15) is 13.2 Å². The van der Waals surface area contributed by atoms with Crippen LogP contribution in [0.5, 0.6) is 0 Å². The lowest BCUT2D eigenvalue weighted by Gasteiger charge is -2.34. The highest BCUT2D eigenvalue weighted by atomic mass is 32.2. The molecule has 1 saturated heterocycles. The van der Waals surface area contributed by atoms with Gasteiger partial charge < -0.3 is 15.0 Å². The first-order valence-corrected chi connectivity index (χ1v) is 12.2. The number of sulfone groups is 1. The summed E-state index contributed by atoms with van der Waals surface area (Å²) in [5.74, 6) is 0.613. The van der Waals surface area contributed by atoms with Crippen LogP contribution in [0.25, 0.3) is 0 Å². The van der Waals surface area contributed by atoms with Crippen LogP contribution in [0.3, 0.4) is 0 Å². The molecule has 1 heterocycles. The Hall–Kier alpha value is -2.09. The van der Waals surface area contributed by atoms with E-state index in [1.165, 1.54) is 0 Å². The summed E-state index contributed by atoms with van der Waals surface area (Å²) in [6.45, 7) is 6.75. The monoisotopic (exact) mass is 423 g/mol. The average molecular weight is 424 g/mol. The second-order valence-corrected chi connectivity index (χ2v) is 9.39. The first kappa shape index (κ1) is 23.2. The van der Waals surface area contributed by atoms with E-state index in [-0.39, 0.29) is 23.4 Å². The predicted octanol–water partition coefficient (Wildman–Crippen LogP) is 2.23. The zero-order valence-corrected chi connectivity index (χ0v) is 18.3. The number of ether oxygens (including phenoxy) is 1. The summed E-state index contributed by atoms with van der Waals surface area (Å²) in [5.41, 5.74) is 0.808. The van der Waals surface area contributed by atoms with Gasteiger partial charge in [-0.2, -0.15) is 0 Å². The average Bonchev–Trinajstić information content (AvgIpc) is 2.71. The Morgan fingerprint density at radius 1 is 1.28 bits per heavy atom.